The van der Waals surface area contributed by atoms with Crippen LogP contribution in [0.3, 0.4) is 0 Å². The van der Waals surface area contributed by atoms with Gasteiger partial charge in [-0.05, 0) is 30.6 Å². The third-order valence-electron chi connectivity index (χ3n) is 2.55. The van der Waals surface area contributed by atoms with Crippen molar-refractivity contribution in [2.75, 3.05) is 24.9 Å². The van der Waals surface area contributed by atoms with Gasteiger partial charge in [0, 0.05) is 5.02 Å². The number of rotatable bonds is 7. The molecule has 0 radical (unpaired) electrons. The molecule has 8 heteroatoms. The lowest BCUT2D eigenvalue weighted by Gasteiger charge is -2.12. The van der Waals surface area contributed by atoms with E-state index in [1.807, 2.05) is 6.26 Å². The van der Waals surface area contributed by atoms with Crippen LogP contribution < -0.4 is 4.74 Å². The molecule has 0 bridgehead atoms. The highest BCUT2D eigenvalue weighted by molar-refractivity contribution is 7.98. The van der Waals surface area contributed by atoms with Gasteiger partial charge in [-0.1, -0.05) is 11.6 Å². The van der Waals surface area contributed by atoms with E-state index in [0.29, 0.717) is 12.2 Å². The van der Waals surface area contributed by atoms with E-state index in [2.05, 4.69) is 0 Å². The minimum absolute atomic E-state index is 0.0478. The van der Waals surface area contributed by atoms with Crippen molar-refractivity contribution in [3.63, 3.8) is 0 Å². The summed E-state index contributed by atoms with van der Waals surface area (Å²) in [6.45, 7) is 0. The van der Waals surface area contributed by atoms with Crippen molar-refractivity contribution in [1.82, 2.24) is 0 Å². The van der Waals surface area contributed by atoms with E-state index in [1.165, 1.54) is 19.2 Å². The van der Waals surface area contributed by atoms with Crippen molar-refractivity contribution >= 4 is 39.2 Å². The number of halogens is 1. The smallest absolute Gasteiger partial charge is 0.339 e. The zero-order valence-corrected chi connectivity index (χ0v) is 13.4. The molecule has 5 nitrogen and oxygen atoms in total. The molecule has 0 saturated heterocycles. The summed E-state index contributed by atoms with van der Waals surface area (Å²) >= 11 is 7.35. The van der Waals surface area contributed by atoms with Crippen LogP contribution in [0.25, 0.3) is 0 Å². The van der Waals surface area contributed by atoms with Crippen molar-refractivity contribution in [3.05, 3.63) is 22.7 Å². The molecule has 0 spiro atoms. The van der Waals surface area contributed by atoms with Crippen LogP contribution >= 0.6 is 23.4 Å². The van der Waals surface area contributed by atoms with Crippen molar-refractivity contribution < 1.29 is 23.1 Å². The maximum absolute atomic E-state index is 12.3. The summed E-state index contributed by atoms with van der Waals surface area (Å²) < 4.78 is 29.5. The van der Waals surface area contributed by atoms with E-state index in [4.69, 9.17) is 21.4 Å². The Bertz CT molecular complexity index is 598. The number of ether oxygens (including phenoxy) is 1. The molecular formula is C12H15ClO5S2. The van der Waals surface area contributed by atoms with Crippen LogP contribution in [0.4, 0.5) is 0 Å². The molecule has 1 rings (SSSR count). The van der Waals surface area contributed by atoms with Gasteiger partial charge in [0.15, 0.2) is 15.6 Å². The number of aromatic carboxylic acids is 1. The topological polar surface area (TPSA) is 80.7 Å². The number of carboxylic acid groups (broad SMARTS) is 1. The number of hydrogen-bond acceptors (Lipinski definition) is 5. The fourth-order valence-electron chi connectivity index (χ4n) is 1.67. The zero-order valence-electron chi connectivity index (χ0n) is 11.1. The minimum atomic E-state index is -3.64. The first-order valence-electron chi connectivity index (χ1n) is 5.66. The largest absolute Gasteiger partial charge is 0.494 e. The Labute approximate surface area is 127 Å². The molecule has 1 N–H and O–H groups in total. The third kappa shape index (κ3) is 4.04. The lowest BCUT2D eigenvalue weighted by Crippen LogP contribution is -2.12. The minimum Gasteiger partial charge on any atom is -0.494 e. The number of hydrogen-bond donors (Lipinski definition) is 1. The first-order chi connectivity index (χ1) is 9.33. The number of methoxy groups -OCH3 is 1. The molecule has 20 heavy (non-hydrogen) atoms. The molecule has 0 fully saturated rings. The molecule has 0 aliphatic carbocycles. The van der Waals surface area contributed by atoms with Crippen molar-refractivity contribution in [2.24, 2.45) is 0 Å². The molecule has 0 amide bonds. The molecule has 0 unspecified atom stereocenters. The van der Waals surface area contributed by atoms with Crippen LogP contribution in [-0.4, -0.2) is 44.4 Å². The molecule has 0 atom stereocenters. The normalized spacial score (nSPS) is 11.3. The van der Waals surface area contributed by atoms with Crippen molar-refractivity contribution in [3.8, 4) is 5.75 Å². The average molecular weight is 339 g/mol. The number of sulfone groups is 1. The summed E-state index contributed by atoms with van der Waals surface area (Å²) in [5, 5.41) is 9.14. The average Bonchev–Trinajstić information content (AvgIpc) is 2.37. The monoisotopic (exact) mass is 338 g/mol. The molecule has 1 aromatic rings. The van der Waals surface area contributed by atoms with E-state index >= 15 is 0 Å². The maximum Gasteiger partial charge on any atom is 0.339 e. The van der Waals surface area contributed by atoms with E-state index < -0.39 is 15.8 Å². The van der Waals surface area contributed by atoms with E-state index in [9.17, 15) is 13.2 Å². The van der Waals surface area contributed by atoms with Crippen molar-refractivity contribution in [2.45, 2.75) is 11.3 Å². The molecule has 1 aromatic carbocycles. The van der Waals surface area contributed by atoms with Gasteiger partial charge in [-0.3, -0.25) is 0 Å². The number of carboxylic acids is 1. The molecule has 0 aliphatic rings. The van der Waals surface area contributed by atoms with Gasteiger partial charge in [0.1, 0.15) is 10.5 Å². The standard InChI is InChI=1S/C12H15ClO5S2/c1-18-11-9(12(14)15)6-8(13)7-10(11)20(16,17)5-3-4-19-2/h6-7H,3-5H2,1-2H3,(H,14,15). The summed E-state index contributed by atoms with van der Waals surface area (Å²) in [4.78, 5) is 11.0. The second-order valence-electron chi connectivity index (χ2n) is 3.96. The molecule has 112 valence electrons. The fourth-order valence-corrected chi connectivity index (χ4v) is 4.10. The Morgan fingerprint density at radius 2 is 2.10 bits per heavy atom. The summed E-state index contributed by atoms with van der Waals surface area (Å²) in [6.07, 6.45) is 2.36. The molecular weight excluding hydrogens is 324 g/mol. The third-order valence-corrected chi connectivity index (χ3v) is 5.27. The van der Waals surface area contributed by atoms with Gasteiger partial charge in [-0.15, -0.1) is 0 Å². The maximum atomic E-state index is 12.3. The highest BCUT2D eigenvalue weighted by Gasteiger charge is 2.25. The van der Waals surface area contributed by atoms with Crippen LogP contribution in [0.2, 0.25) is 5.02 Å². The number of benzene rings is 1. The van der Waals surface area contributed by atoms with Gasteiger partial charge in [0.25, 0.3) is 0 Å². The summed E-state index contributed by atoms with van der Waals surface area (Å²) in [7, 11) is -2.41. The zero-order chi connectivity index (χ0) is 15.3. The van der Waals surface area contributed by atoms with Crippen LogP contribution in [0.1, 0.15) is 16.8 Å². The van der Waals surface area contributed by atoms with E-state index in [0.717, 1.165) is 0 Å². The van der Waals surface area contributed by atoms with Gasteiger partial charge < -0.3 is 9.84 Å². The Balaban J connectivity index is 3.33. The van der Waals surface area contributed by atoms with Gasteiger partial charge in [-0.25, -0.2) is 13.2 Å². The van der Waals surface area contributed by atoms with Crippen LogP contribution in [-0.2, 0) is 9.84 Å². The van der Waals surface area contributed by atoms with E-state index in [1.54, 1.807) is 11.8 Å². The first-order valence-corrected chi connectivity index (χ1v) is 9.08. The lowest BCUT2D eigenvalue weighted by atomic mass is 10.2. The van der Waals surface area contributed by atoms with Crippen LogP contribution in [0.5, 0.6) is 5.75 Å². The molecule has 0 aliphatic heterocycles. The Morgan fingerprint density at radius 1 is 1.45 bits per heavy atom. The van der Waals surface area contributed by atoms with Gasteiger partial charge >= 0.3 is 5.97 Å². The number of carbonyl (C=O) groups is 1. The van der Waals surface area contributed by atoms with Crippen molar-refractivity contribution in [1.29, 1.82) is 0 Å². The second-order valence-corrected chi connectivity index (χ2v) is 7.45. The summed E-state index contributed by atoms with van der Waals surface area (Å²) in [5.41, 5.74) is -0.261. The number of thioether (sulfide) groups is 1. The SMILES string of the molecule is COc1c(C(=O)O)cc(Cl)cc1S(=O)(=O)CCCSC. The van der Waals surface area contributed by atoms with Gasteiger partial charge in [0.05, 0.1) is 12.9 Å². The van der Waals surface area contributed by atoms with Gasteiger partial charge in [0.2, 0.25) is 0 Å². The van der Waals surface area contributed by atoms with Crippen LogP contribution in [0.15, 0.2) is 17.0 Å². The lowest BCUT2D eigenvalue weighted by molar-refractivity contribution is 0.0693. The Kier molecular flexibility index (Phi) is 6.16. The Hall–Kier alpha value is -0.920. The Morgan fingerprint density at radius 3 is 2.60 bits per heavy atom. The highest BCUT2D eigenvalue weighted by atomic mass is 35.5. The summed E-state index contributed by atoms with van der Waals surface area (Å²) in [6, 6.07) is 2.39. The van der Waals surface area contributed by atoms with Crippen LogP contribution in [0, 0.1) is 0 Å². The van der Waals surface area contributed by atoms with Gasteiger partial charge in [-0.2, -0.15) is 11.8 Å². The highest BCUT2D eigenvalue weighted by Crippen LogP contribution is 2.32. The molecule has 0 saturated carbocycles. The quantitative estimate of drug-likeness (QED) is 0.769. The predicted molar refractivity (Wildman–Crippen MR) is 80.0 cm³/mol. The second kappa shape index (κ2) is 7.19. The van der Waals surface area contributed by atoms with E-state index in [-0.39, 0.29) is 27.0 Å². The fraction of sp³-hybridized carbons (Fsp3) is 0.417. The first kappa shape index (κ1) is 17.1. The summed E-state index contributed by atoms with van der Waals surface area (Å²) in [5.74, 6) is -0.840. The predicted octanol–water partition coefficient (Wildman–Crippen LogP) is 2.57. The molecule has 0 heterocycles. The molecule has 0 aromatic heterocycles.